The Kier molecular flexibility index (Phi) is 14.5. The van der Waals surface area contributed by atoms with Crippen molar-refractivity contribution in [2.75, 3.05) is 13.2 Å². The summed E-state index contributed by atoms with van der Waals surface area (Å²) in [4.78, 5) is 48.1. The van der Waals surface area contributed by atoms with E-state index in [0.29, 0.717) is 22.3 Å². The van der Waals surface area contributed by atoms with E-state index in [4.69, 9.17) is 10.2 Å². The molecule has 0 bridgehead atoms. The van der Waals surface area contributed by atoms with E-state index in [1.807, 2.05) is 0 Å². The summed E-state index contributed by atoms with van der Waals surface area (Å²) in [5.74, 6) is -2.53. The molecule has 0 saturated heterocycles. The number of Topliss-reactive ketones (excluding diaryl/α,β-unsaturated/α-hetero) is 4. The normalized spacial score (nSPS) is 13.4. The maximum Gasteiger partial charge on any atom is 4.00 e. The Balaban J connectivity index is 0.000000642. The molecule has 8 nitrogen and oxygen atoms in total. The summed E-state index contributed by atoms with van der Waals surface area (Å²) in [6.45, 7) is 13.3. The first kappa shape index (κ1) is 37.8. The Bertz CT molecular complexity index is 1160. The van der Waals surface area contributed by atoms with Crippen LogP contribution in [0.1, 0.15) is 96.8 Å². The molecule has 41 heavy (non-hydrogen) atoms. The van der Waals surface area contributed by atoms with Crippen molar-refractivity contribution in [3.63, 3.8) is 0 Å². The third-order valence-corrected chi connectivity index (χ3v) is 5.56. The molecule has 0 unspecified atom stereocenters. The van der Waals surface area contributed by atoms with Gasteiger partial charge in [0.15, 0.2) is 23.1 Å². The van der Waals surface area contributed by atoms with E-state index in [0.717, 1.165) is 0 Å². The van der Waals surface area contributed by atoms with Crippen molar-refractivity contribution in [1.82, 2.24) is 0 Å². The van der Waals surface area contributed by atoms with Crippen LogP contribution in [0.4, 0.5) is 0 Å². The van der Waals surface area contributed by atoms with Crippen LogP contribution in [0.3, 0.4) is 0 Å². The van der Waals surface area contributed by atoms with Crippen LogP contribution < -0.4 is 20.4 Å². The zero-order valence-electron chi connectivity index (χ0n) is 24.8. The predicted octanol–water partition coefficient (Wildman–Crippen LogP) is 2.18. The predicted molar refractivity (Wildman–Crippen MR) is 144 cm³/mol. The minimum absolute atomic E-state index is 0. The Morgan fingerprint density at radius 2 is 0.707 bits per heavy atom. The maximum absolute atomic E-state index is 12.1. The fraction of sp³-hybridized carbons (Fsp3) is 0.375. The van der Waals surface area contributed by atoms with Crippen LogP contribution >= 0.6 is 0 Å². The summed E-state index contributed by atoms with van der Waals surface area (Å²) in [6, 6.07) is 13.1. The van der Waals surface area contributed by atoms with Crippen LogP contribution in [0.2, 0.25) is 0 Å². The van der Waals surface area contributed by atoms with Gasteiger partial charge in [-0.05, 0) is 10.8 Å². The van der Waals surface area contributed by atoms with Gasteiger partial charge in [-0.3, -0.25) is 19.2 Å². The minimum Gasteiger partial charge on any atom is -0.874 e. The van der Waals surface area contributed by atoms with Crippen molar-refractivity contribution in [3.8, 4) is 0 Å². The summed E-state index contributed by atoms with van der Waals surface area (Å²) in [5, 5.41) is 42.0. The number of benzene rings is 2. The molecule has 0 N–H and O–H groups in total. The molecule has 2 aromatic rings. The molecule has 0 atom stereocenters. The molecule has 0 fully saturated rings. The Hall–Kier alpha value is -3.17. The number of carbonyl (C=O) groups excluding carboxylic acids is 4. The molecule has 0 saturated carbocycles. The van der Waals surface area contributed by atoms with E-state index in [9.17, 15) is 29.4 Å². The Labute approximate surface area is 256 Å². The number of hydrogen-bond donors (Lipinski definition) is 0. The summed E-state index contributed by atoms with van der Waals surface area (Å²) < 4.78 is 0. The van der Waals surface area contributed by atoms with E-state index in [1.165, 1.54) is 0 Å². The minimum atomic E-state index is -0.720. The fourth-order valence-corrected chi connectivity index (χ4v) is 3.67. The monoisotopic (exact) mass is 596 g/mol. The largest absolute Gasteiger partial charge is 4.00 e. The number of ketones is 4. The quantitative estimate of drug-likeness (QED) is 0.194. The van der Waals surface area contributed by atoms with Crippen molar-refractivity contribution < 1.29 is 61.3 Å². The molecular formula is C32H36O8Ti. The Morgan fingerprint density at radius 3 is 0.854 bits per heavy atom. The van der Waals surface area contributed by atoms with E-state index in [-0.39, 0.29) is 57.6 Å². The zero-order valence-corrected chi connectivity index (χ0v) is 26.4. The molecule has 0 amide bonds. The zero-order chi connectivity index (χ0) is 31.0. The number of hydrogen-bond acceptors (Lipinski definition) is 8. The number of carbonyl (C=O) groups is 4. The van der Waals surface area contributed by atoms with Crippen LogP contribution in [0.5, 0.6) is 0 Å². The standard InChI is InChI=1S/2C14H14O3.2C2H5O.Ti/c2*1-14(2,3)13(17)10-11(15)8-6-4-5-7-9(8)12(10)16;2*1-2-3;/h2*4-7,17H,1-3H3;2*2H2,1H3;/q;;2*-1;+4/p-2. The third-order valence-electron chi connectivity index (χ3n) is 5.56. The van der Waals surface area contributed by atoms with Crippen molar-refractivity contribution in [2.24, 2.45) is 10.8 Å². The third kappa shape index (κ3) is 8.91. The first-order valence-corrected chi connectivity index (χ1v) is 12.9. The van der Waals surface area contributed by atoms with Gasteiger partial charge < -0.3 is 20.4 Å². The maximum atomic E-state index is 12.1. The second kappa shape index (κ2) is 15.7. The van der Waals surface area contributed by atoms with Gasteiger partial charge in [0.2, 0.25) is 0 Å². The average molecular weight is 596 g/mol. The van der Waals surface area contributed by atoms with Gasteiger partial charge in [-0.15, -0.1) is 24.7 Å². The van der Waals surface area contributed by atoms with Gasteiger partial charge in [-0.2, -0.15) is 0 Å². The summed E-state index contributed by atoms with van der Waals surface area (Å²) in [5.41, 5.74) is -0.478. The van der Waals surface area contributed by atoms with Crippen molar-refractivity contribution >= 4 is 23.1 Å². The molecule has 2 aromatic carbocycles. The first-order chi connectivity index (χ1) is 18.5. The Morgan fingerprint density at radius 1 is 0.537 bits per heavy atom. The average Bonchev–Trinajstić information content (AvgIpc) is 3.28. The molecule has 0 spiro atoms. The second-order valence-corrected chi connectivity index (χ2v) is 10.9. The van der Waals surface area contributed by atoms with Crippen LogP contribution in [-0.4, -0.2) is 36.3 Å². The summed E-state index contributed by atoms with van der Waals surface area (Å²) >= 11 is 0. The van der Waals surface area contributed by atoms with Crippen LogP contribution in [-0.2, 0) is 21.7 Å². The van der Waals surface area contributed by atoms with Crippen molar-refractivity contribution in [3.05, 3.63) is 93.4 Å². The van der Waals surface area contributed by atoms with Crippen molar-refractivity contribution in [2.45, 2.75) is 55.4 Å². The molecule has 0 aliphatic heterocycles. The second-order valence-electron chi connectivity index (χ2n) is 10.9. The number of rotatable bonds is 0. The van der Waals surface area contributed by atoms with Gasteiger partial charge in [0, 0.05) is 22.3 Å². The smallest absolute Gasteiger partial charge is 0.874 e. The fourth-order valence-electron chi connectivity index (χ4n) is 3.67. The molecule has 0 aromatic heterocycles. The van der Waals surface area contributed by atoms with Crippen LogP contribution in [0.15, 0.2) is 71.2 Å². The van der Waals surface area contributed by atoms with E-state index < -0.39 is 34.0 Å². The summed E-state index contributed by atoms with van der Waals surface area (Å²) in [7, 11) is 0. The number of fused-ring (bicyclic) bond motifs is 2. The SMILES string of the molecule is CC(C)(C)C([O-])=C1C(=O)c2ccccc2C1=O.CC(C)(C)C([O-])=C1C(=O)c2ccccc2C1=O.CC[O-].CC[O-].[Ti+4]. The van der Waals surface area contributed by atoms with E-state index in [2.05, 4.69) is 0 Å². The summed E-state index contributed by atoms with van der Waals surface area (Å²) in [6.07, 6.45) is 0. The van der Waals surface area contributed by atoms with Gasteiger partial charge in [0.1, 0.15) is 0 Å². The molecule has 216 valence electrons. The van der Waals surface area contributed by atoms with Gasteiger partial charge in [-0.1, -0.05) is 104 Å². The molecule has 0 radical (unpaired) electrons. The van der Waals surface area contributed by atoms with Crippen LogP contribution in [0.25, 0.3) is 0 Å². The molecular weight excluding hydrogens is 560 g/mol. The van der Waals surface area contributed by atoms with Gasteiger partial charge in [0.25, 0.3) is 0 Å². The molecule has 2 aliphatic rings. The molecule has 9 heteroatoms. The molecule has 0 heterocycles. The van der Waals surface area contributed by atoms with Gasteiger partial charge >= 0.3 is 21.7 Å². The van der Waals surface area contributed by atoms with Gasteiger partial charge in [-0.25, -0.2) is 0 Å². The topological polar surface area (TPSA) is 161 Å². The van der Waals surface area contributed by atoms with E-state index in [1.54, 1.807) is 104 Å². The van der Waals surface area contributed by atoms with E-state index >= 15 is 0 Å². The van der Waals surface area contributed by atoms with Gasteiger partial charge in [0.05, 0.1) is 11.1 Å². The molecule has 2 aliphatic carbocycles. The van der Waals surface area contributed by atoms with Crippen molar-refractivity contribution in [1.29, 1.82) is 0 Å². The number of allylic oxidation sites excluding steroid dienone is 4. The van der Waals surface area contributed by atoms with Crippen LogP contribution in [0, 0.1) is 10.8 Å². The molecule has 4 rings (SSSR count). The first-order valence-electron chi connectivity index (χ1n) is 12.9.